The molecule has 4 amide bonds. The highest BCUT2D eigenvalue weighted by atomic mass is 16.5. The van der Waals surface area contributed by atoms with Crippen LogP contribution in [0.4, 0.5) is 4.79 Å². The first-order valence-electron chi connectivity index (χ1n) is 10.3. The Morgan fingerprint density at radius 3 is 2.41 bits per heavy atom. The van der Waals surface area contributed by atoms with Crippen LogP contribution in [0.1, 0.15) is 24.8 Å². The molecule has 8 nitrogen and oxygen atoms in total. The maximum atomic E-state index is 12.6. The molecule has 0 aliphatic carbocycles. The highest BCUT2D eigenvalue weighted by Crippen LogP contribution is 2.27. The van der Waals surface area contributed by atoms with Crippen LogP contribution in [0.3, 0.4) is 0 Å². The summed E-state index contributed by atoms with van der Waals surface area (Å²) in [6.45, 7) is 3.60. The van der Waals surface area contributed by atoms with Crippen LogP contribution in [0.25, 0.3) is 0 Å². The van der Waals surface area contributed by atoms with Gasteiger partial charge in [-0.3, -0.25) is 9.59 Å². The van der Waals surface area contributed by atoms with Gasteiger partial charge in [0, 0.05) is 45.7 Å². The molecule has 0 bridgehead atoms. The molecule has 3 aliphatic heterocycles. The molecule has 3 saturated heterocycles. The Morgan fingerprint density at radius 2 is 1.76 bits per heavy atom. The maximum absolute atomic E-state index is 12.6. The molecule has 0 saturated carbocycles. The molecule has 0 aromatic heterocycles. The van der Waals surface area contributed by atoms with Crippen LogP contribution in [-0.4, -0.2) is 78.4 Å². The summed E-state index contributed by atoms with van der Waals surface area (Å²) in [6.07, 6.45) is 2.41. The lowest BCUT2D eigenvalue weighted by Crippen LogP contribution is -2.63. The highest BCUT2D eigenvalue weighted by molar-refractivity contribution is 5.89. The molecule has 3 fully saturated rings. The number of amides is 4. The molecule has 8 heteroatoms. The molecule has 3 heterocycles. The number of hydrogen-bond acceptors (Lipinski definition) is 4. The minimum atomic E-state index is -0.224. The van der Waals surface area contributed by atoms with E-state index in [9.17, 15) is 14.4 Å². The normalized spacial score (nSPS) is 22.0. The van der Waals surface area contributed by atoms with E-state index >= 15 is 0 Å². The quantitative estimate of drug-likeness (QED) is 0.801. The Labute approximate surface area is 170 Å². The first-order valence-corrected chi connectivity index (χ1v) is 10.3. The molecule has 1 aromatic rings. The van der Waals surface area contributed by atoms with Gasteiger partial charge >= 0.3 is 6.03 Å². The van der Waals surface area contributed by atoms with Gasteiger partial charge in [0.1, 0.15) is 5.75 Å². The van der Waals surface area contributed by atoms with Gasteiger partial charge in [0.15, 0.2) is 0 Å². The molecule has 1 unspecified atom stereocenters. The first kappa shape index (κ1) is 19.5. The van der Waals surface area contributed by atoms with E-state index < -0.39 is 0 Å². The van der Waals surface area contributed by atoms with Gasteiger partial charge in [-0.2, -0.15) is 0 Å². The summed E-state index contributed by atoms with van der Waals surface area (Å²) in [5, 5.41) is 2.91. The lowest BCUT2D eigenvalue weighted by Gasteiger charge is -2.43. The second kappa shape index (κ2) is 8.31. The van der Waals surface area contributed by atoms with E-state index in [1.807, 2.05) is 29.2 Å². The lowest BCUT2D eigenvalue weighted by molar-refractivity contribution is -0.135. The van der Waals surface area contributed by atoms with Crippen LogP contribution in [0.5, 0.6) is 5.75 Å². The van der Waals surface area contributed by atoms with Crippen molar-refractivity contribution in [2.75, 3.05) is 39.8 Å². The Hall–Kier alpha value is -2.77. The van der Waals surface area contributed by atoms with Crippen molar-refractivity contribution in [3.8, 4) is 5.75 Å². The molecule has 1 atom stereocenters. The topological polar surface area (TPSA) is 82.2 Å². The molecule has 1 N–H and O–H groups in total. The van der Waals surface area contributed by atoms with Gasteiger partial charge in [-0.15, -0.1) is 0 Å². The Balaban J connectivity index is 1.22. The van der Waals surface area contributed by atoms with Gasteiger partial charge in [0.05, 0.1) is 19.1 Å². The third-order valence-corrected chi connectivity index (χ3v) is 6.12. The average Bonchev–Trinajstić information content (AvgIpc) is 3.36. The number of nitrogens with zero attached hydrogens (tertiary/aromatic N) is 3. The first-order chi connectivity index (χ1) is 14.0. The third-order valence-electron chi connectivity index (χ3n) is 6.12. The smallest absolute Gasteiger partial charge is 0.317 e. The fourth-order valence-electron chi connectivity index (χ4n) is 4.30. The van der Waals surface area contributed by atoms with Crippen molar-refractivity contribution in [2.45, 2.75) is 31.8 Å². The standard InChI is InChI=1S/C21H28N4O4/c1-29-18-6-4-15(5-7-18)11-22-21(28)24-13-17(14-24)25-12-16(10-19(25)26)20(27)23-8-2-3-9-23/h4-7,16-17H,2-3,8-14H2,1H3,(H,22,28). The number of benzene rings is 1. The summed E-state index contributed by atoms with van der Waals surface area (Å²) in [7, 11) is 1.62. The van der Waals surface area contributed by atoms with Gasteiger partial charge in [-0.25, -0.2) is 4.79 Å². The van der Waals surface area contributed by atoms with E-state index in [4.69, 9.17) is 4.74 Å². The Morgan fingerprint density at radius 1 is 1.07 bits per heavy atom. The van der Waals surface area contributed by atoms with E-state index in [-0.39, 0.29) is 29.8 Å². The predicted molar refractivity (Wildman–Crippen MR) is 106 cm³/mol. The van der Waals surface area contributed by atoms with E-state index in [2.05, 4.69) is 5.32 Å². The summed E-state index contributed by atoms with van der Waals surface area (Å²) in [5.41, 5.74) is 0.995. The predicted octanol–water partition coefficient (Wildman–Crippen LogP) is 1.06. The maximum Gasteiger partial charge on any atom is 0.317 e. The number of carbonyl (C=O) groups is 3. The van der Waals surface area contributed by atoms with Crippen molar-refractivity contribution in [1.29, 1.82) is 0 Å². The number of likely N-dealkylation sites (tertiary alicyclic amines) is 3. The number of carbonyl (C=O) groups excluding carboxylic acids is 3. The molecule has 4 rings (SSSR count). The number of ether oxygens (including phenoxy) is 1. The Kier molecular flexibility index (Phi) is 5.60. The van der Waals surface area contributed by atoms with Crippen LogP contribution in [0, 0.1) is 5.92 Å². The van der Waals surface area contributed by atoms with Crippen molar-refractivity contribution in [2.24, 2.45) is 5.92 Å². The zero-order valence-corrected chi connectivity index (χ0v) is 16.8. The van der Waals surface area contributed by atoms with Crippen molar-refractivity contribution in [3.63, 3.8) is 0 Å². The van der Waals surface area contributed by atoms with Gasteiger partial charge in [-0.1, -0.05) is 12.1 Å². The monoisotopic (exact) mass is 400 g/mol. The largest absolute Gasteiger partial charge is 0.497 e. The Bertz CT molecular complexity index is 769. The second-order valence-electron chi connectivity index (χ2n) is 8.05. The number of nitrogens with one attached hydrogen (secondary N) is 1. The summed E-state index contributed by atoms with van der Waals surface area (Å²) in [4.78, 5) is 42.7. The second-order valence-corrected chi connectivity index (χ2v) is 8.05. The van der Waals surface area contributed by atoms with Crippen molar-refractivity contribution in [1.82, 2.24) is 20.0 Å². The highest BCUT2D eigenvalue weighted by Gasteiger charge is 2.44. The van der Waals surface area contributed by atoms with Crippen molar-refractivity contribution < 1.29 is 19.1 Å². The molecule has 29 heavy (non-hydrogen) atoms. The molecule has 1 aromatic carbocycles. The summed E-state index contributed by atoms with van der Waals surface area (Å²) in [6, 6.07) is 7.44. The van der Waals surface area contributed by atoms with Gasteiger partial charge in [0.25, 0.3) is 0 Å². The van der Waals surface area contributed by atoms with Gasteiger partial charge in [-0.05, 0) is 30.5 Å². The fraction of sp³-hybridized carbons (Fsp3) is 0.571. The number of urea groups is 1. The minimum Gasteiger partial charge on any atom is -0.497 e. The summed E-state index contributed by atoms with van der Waals surface area (Å²) in [5.74, 6) is 0.707. The average molecular weight is 400 g/mol. The van der Waals surface area contributed by atoms with Crippen molar-refractivity contribution in [3.05, 3.63) is 29.8 Å². The molecular formula is C21H28N4O4. The number of methoxy groups -OCH3 is 1. The van der Waals surface area contributed by atoms with E-state index in [0.717, 1.165) is 37.2 Å². The molecule has 156 valence electrons. The minimum absolute atomic E-state index is 0.0191. The lowest BCUT2D eigenvalue weighted by atomic mass is 10.1. The fourth-order valence-corrected chi connectivity index (χ4v) is 4.30. The van der Waals surface area contributed by atoms with Gasteiger partial charge in [0.2, 0.25) is 11.8 Å². The van der Waals surface area contributed by atoms with E-state index in [1.54, 1.807) is 16.9 Å². The van der Waals surface area contributed by atoms with Gasteiger partial charge < -0.3 is 24.8 Å². The third kappa shape index (κ3) is 4.16. The van der Waals surface area contributed by atoms with Crippen LogP contribution < -0.4 is 10.1 Å². The zero-order valence-electron chi connectivity index (χ0n) is 16.8. The molecule has 0 spiro atoms. The van der Waals surface area contributed by atoms with Crippen LogP contribution in [0.2, 0.25) is 0 Å². The van der Waals surface area contributed by atoms with Crippen LogP contribution in [0.15, 0.2) is 24.3 Å². The van der Waals surface area contributed by atoms with Crippen LogP contribution >= 0.6 is 0 Å². The molecule has 0 radical (unpaired) electrons. The SMILES string of the molecule is COc1ccc(CNC(=O)N2CC(N3CC(C(=O)N4CCCC4)CC3=O)C2)cc1. The van der Waals surface area contributed by atoms with E-state index in [1.165, 1.54) is 0 Å². The summed E-state index contributed by atoms with van der Waals surface area (Å²) >= 11 is 0. The molecular weight excluding hydrogens is 372 g/mol. The van der Waals surface area contributed by atoms with Crippen molar-refractivity contribution >= 4 is 17.8 Å². The molecule has 3 aliphatic rings. The summed E-state index contributed by atoms with van der Waals surface area (Å²) < 4.78 is 5.13. The van der Waals surface area contributed by atoms with E-state index in [0.29, 0.717) is 32.6 Å². The zero-order chi connectivity index (χ0) is 20.4. The number of hydrogen-bond donors (Lipinski definition) is 1. The van der Waals surface area contributed by atoms with Crippen LogP contribution in [-0.2, 0) is 16.1 Å². The number of rotatable bonds is 5.